The number of aromatic amines is 1. The molecular weight excluding hydrogens is 188 g/mol. The van der Waals surface area contributed by atoms with Gasteiger partial charge in [-0.3, -0.25) is 4.79 Å². The summed E-state index contributed by atoms with van der Waals surface area (Å²) in [5.74, 6) is 0. The van der Waals surface area contributed by atoms with E-state index < -0.39 is 0 Å². The number of fused-ring (bicyclic) bond motifs is 3. The van der Waals surface area contributed by atoms with Crippen LogP contribution in [-0.2, 0) is 0 Å². The lowest BCUT2D eigenvalue weighted by atomic mass is 10.1. The second-order valence-corrected chi connectivity index (χ2v) is 3.45. The maximum atomic E-state index is 11.2. The maximum Gasteiger partial charge on any atom is 0.264 e. The predicted molar refractivity (Wildman–Crippen MR) is 59.9 cm³/mol. The van der Waals surface area contributed by atoms with Crippen LogP contribution >= 0.6 is 0 Å². The van der Waals surface area contributed by atoms with Crippen molar-refractivity contribution in [2.24, 2.45) is 0 Å². The highest BCUT2D eigenvalue weighted by molar-refractivity contribution is 6.05. The molecular formula is C12H8N2O. The van der Waals surface area contributed by atoms with Crippen LogP contribution in [0.5, 0.6) is 0 Å². The number of nitrogens with one attached hydrogen (secondary N) is 1. The van der Waals surface area contributed by atoms with E-state index in [-0.39, 0.29) is 5.56 Å². The van der Waals surface area contributed by atoms with Crippen molar-refractivity contribution in [1.82, 2.24) is 10.2 Å². The van der Waals surface area contributed by atoms with E-state index >= 15 is 0 Å². The Labute approximate surface area is 85.4 Å². The van der Waals surface area contributed by atoms with Gasteiger partial charge in [0.1, 0.15) is 0 Å². The molecule has 1 N–H and O–H groups in total. The zero-order valence-electron chi connectivity index (χ0n) is 7.90. The van der Waals surface area contributed by atoms with Gasteiger partial charge in [0, 0.05) is 11.5 Å². The van der Waals surface area contributed by atoms with Gasteiger partial charge in [-0.2, -0.15) is 5.10 Å². The van der Waals surface area contributed by atoms with Gasteiger partial charge in [-0.25, -0.2) is 5.10 Å². The third-order valence-corrected chi connectivity index (χ3v) is 2.51. The van der Waals surface area contributed by atoms with Crippen molar-refractivity contribution in [2.45, 2.75) is 0 Å². The fourth-order valence-corrected chi connectivity index (χ4v) is 1.81. The van der Waals surface area contributed by atoms with Crippen molar-refractivity contribution >= 4 is 21.7 Å². The quantitative estimate of drug-likeness (QED) is 0.559. The fourth-order valence-electron chi connectivity index (χ4n) is 1.81. The summed E-state index contributed by atoms with van der Waals surface area (Å²) in [5.41, 5.74) is 0.646. The molecule has 3 rings (SSSR count). The molecule has 0 spiro atoms. The summed E-state index contributed by atoms with van der Waals surface area (Å²) in [6, 6.07) is 13.5. The van der Waals surface area contributed by atoms with Crippen molar-refractivity contribution in [3.05, 3.63) is 52.8 Å². The molecule has 0 aliphatic rings. The third-order valence-electron chi connectivity index (χ3n) is 2.51. The topological polar surface area (TPSA) is 45.8 Å². The Morgan fingerprint density at radius 2 is 1.87 bits per heavy atom. The van der Waals surface area contributed by atoms with Gasteiger partial charge in [-0.15, -0.1) is 0 Å². The van der Waals surface area contributed by atoms with Gasteiger partial charge in [-0.05, 0) is 16.8 Å². The van der Waals surface area contributed by atoms with Crippen LogP contribution in [0.25, 0.3) is 21.7 Å². The lowest BCUT2D eigenvalue weighted by molar-refractivity contribution is 1.03. The van der Waals surface area contributed by atoms with Crippen molar-refractivity contribution in [3.8, 4) is 0 Å². The second kappa shape index (κ2) is 2.92. The minimum absolute atomic E-state index is 0.168. The summed E-state index contributed by atoms with van der Waals surface area (Å²) >= 11 is 0. The summed E-state index contributed by atoms with van der Waals surface area (Å²) in [6.45, 7) is 0. The SMILES string of the molecule is O=c1cc2c(ccc3ccccc32)n[nH]1. The molecule has 1 aromatic heterocycles. The monoisotopic (exact) mass is 196 g/mol. The molecule has 3 nitrogen and oxygen atoms in total. The van der Waals surface area contributed by atoms with Gasteiger partial charge in [-0.1, -0.05) is 30.3 Å². The van der Waals surface area contributed by atoms with Gasteiger partial charge >= 0.3 is 0 Å². The van der Waals surface area contributed by atoms with Gasteiger partial charge in [0.2, 0.25) is 0 Å². The van der Waals surface area contributed by atoms with E-state index in [2.05, 4.69) is 10.2 Å². The lowest BCUT2D eigenvalue weighted by Crippen LogP contribution is -2.05. The third kappa shape index (κ3) is 1.21. The summed E-state index contributed by atoms with van der Waals surface area (Å²) < 4.78 is 0. The normalized spacial score (nSPS) is 10.9. The molecule has 0 bridgehead atoms. The number of nitrogens with zero attached hydrogens (tertiary/aromatic N) is 1. The van der Waals surface area contributed by atoms with E-state index in [0.717, 1.165) is 21.7 Å². The van der Waals surface area contributed by atoms with E-state index in [1.807, 2.05) is 36.4 Å². The highest BCUT2D eigenvalue weighted by atomic mass is 16.1. The number of rotatable bonds is 0. The number of H-pyrrole nitrogens is 1. The first-order valence-corrected chi connectivity index (χ1v) is 4.72. The molecule has 3 heteroatoms. The molecule has 72 valence electrons. The van der Waals surface area contributed by atoms with E-state index in [0.29, 0.717) is 0 Å². The van der Waals surface area contributed by atoms with Crippen LogP contribution in [0, 0.1) is 0 Å². The van der Waals surface area contributed by atoms with Crippen molar-refractivity contribution < 1.29 is 0 Å². The van der Waals surface area contributed by atoms with Gasteiger partial charge in [0.25, 0.3) is 5.56 Å². The van der Waals surface area contributed by atoms with Gasteiger partial charge in [0.15, 0.2) is 0 Å². The summed E-state index contributed by atoms with van der Waals surface area (Å²) in [5, 5.41) is 9.51. The van der Waals surface area contributed by atoms with E-state index in [9.17, 15) is 4.79 Å². The molecule has 0 atom stereocenters. The number of hydrogen-bond acceptors (Lipinski definition) is 2. The smallest absolute Gasteiger partial charge is 0.264 e. The van der Waals surface area contributed by atoms with E-state index in [4.69, 9.17) is 0 Å². The minimum Gasteiger partial charge on any atom is -0.268 e. The average molecular weight is 196 g/mol. The van der Waals surface area contributed by atoms with Crippen LogP contribution in [0.4, 0.5) is 0 Å². The van der Waals surface area contributed by atoms with Crippen LogP contribution < -0.4 is 5.56 Å². The Bertz CT molecular complexity index is 700. The highest BCUT2D eigenvalue weighted by Gasteiger charge is 2.00. The fraction of sp³-hybridized carbons (Fsp3) is 0. The largest absolute Gasteiger partial charge is 0.268 e. The molecule has 0 fully saturated rings. The molecule has 0 radical (unpaired) electrons. The summed E-state index contributed by atoms with van der Waals surface area (Å²) in [4.78, 5) is 11.2. The first kappa shape index (κ1) is 8.17. The molecule has 0 saturated heterocycles. The van der Waals surface area contributed by atoms with Crippen molar-refractivity contribution in [2.75, 3.05) is 0 Å². The Morgan fingerprint density at radius 1 is 1.00 bits per heavy atom. The Kier molecular flexibility index (Phi) is 1.59. The van der Waals surface area contributed by atoms with Crippen LogP contribution in [-0.4, -0.2) is 10.2 Å². The molecule has 2 aromatic carbocycles. The van der Waals surface area contributed by atoms with Gasteiger partial charge < -0.3 is 0 Å². The van der Waals surface area contributed by atoms with Crippen LogP contribution in [0.3, 0.4) is 0 Å². The highest BCUT2D eigenvalue weighted by Crippen LogP contribution is 2.21. The summed E-state index contributed by atoms with van der Waals surface area (Å²) in [6.07, 6.45) is 0. The summed E-state index contributed by atoms with van der Waals surface area (Å²) in [7, 11) is 0. The number of benzene rings is 2. The van der Waals surface area contributed by atoms with Crippen LogP contribution in [0.15, 0.2) is 47.3 Å². The van der Waals surface area contributed by atoms with E-state index in [1.54, 1.807) is 6.07 Å². The zero-order valence-corrected chi connectivity index (χ0v) is 7.90. The van der Waals surface area contributed by atoms with Crippen LogP contribution in [0.2, 0.25) is 0 Å². The molecule has 0 unspecified atom stereocenters. The Balaban J connectivity index is 2.63. The Morgan fingerprint density at radius 3 is 2.80 bits per heavy atom. The molecule has 0 saturated carbocycles. The average Bonchev–Trinajstić information content (AvgIpc) is 2.29. The van der Waals surface area contributed by atoms with Gasteiger partial charge in [0.05, 0.1) is 5.52 Å². The first-order chi connectivity index (χ1) is 7.34. The Hall–Kier alpha value is -2.16. The molecule has 3 aromatic rings. The predicted octanol–water partition coefficient (Wildman–Crippen LogP) is 2.08. The molecule has 15 heavy (non-hydrogen) atoms. The standard InChI is InChI=1S/C12H8N2O/c15-12-7-10-9-4-2-1-3-8(9)5-6-11(10)13-14-12/h1-7H,(H,14,15). The molecule has 0 aliphatic carbocycles. The number of hydrogen-bond donors (Lipinski definition) is 1. The maximum absolute atomic E-state index is 11.2. The van der Waals surface area contributed by atoms with E-state index in [1.165, 1.54) is 0 Å². The second-order valence-electron chi connectivity index (χ2n) is 3.45. The van der Waals surface area contributed by atoms with Crippen molar-refractivity contribution in [3.63, 3.8) is 0 Å². The van der Waals surface area contributed by atoms with Crippen molar-refractivity contribution in [1.29, 1.82) is 0 Å². The lowest BCUT2D eigenvalue weighted by Gasteiger charge is -2.01. The molecule has 1 heterocycles. The molecule has 0 amide bonds. The molecule has 0 aliphatic heterocycles. The van der Waals surface area contributed by atoms with Crippen LogP contribution in [0.1, 0.15) is 0 Å². The first-order valence-electron chi connectivity index (χ1n) is 4.72. The number of aromatic nitrogens is 2. The zero-order chi connectivity index (χ0) is 10.3. The minimum atomic E-state index is -0.168.